The summed E-state index contributed by atoms with van der Waals surface area (Å²) in [6, 6.07) is 2.43. The molecule has 0 aliphatic heterocycles. The van der Waals surface area contributed by atoms with Gasteiger partial charge in [0.2, 0.25) is 0 Å². The van der Waals surface area contributed by atoms with Crippen LogP contribution in [0.5, 0.6) is 0 Å². The van der Waals surface area contributed by atoms with Gasteiger partial charge in [-0.15, -0.1) is 0 Å². The van der Waals surface area contributed by atoms with E-state index in [0.29, 0.717) is 5.92 Å². The summed E-state index contributed by atoms with van der Waals surface area (Å²) < 4.78 is 0. The summed E-state index contributed by atoms with van der Waals surface area (Å²) in [6.45, 7) is 0. The Labute approximate surface area is 87.5 Å². The molecule has 0 spiro atoms. The molecule has 1 heteroatoms. The lowest BCUT2D eigenvalue weighted by atomic mass is 9.71. The maximum absolute atomic E-state index is 8.84. The van der Waals surface area contributed by atoms with E-state index in [-0.39, 0.29) is 0 Å². The van der Waals surface area contributed by atoms with Gasteiger partial charge in [0.15, 0.2) is 0 Å². The Morgan fingerprint density at radius 1 is 0.714 bits per heavy atom. The molecule has 0 bridgehead atoms. The Morgan fingerprint density at radius 2 is 1.29 bits per heavy atom. The third kappa shape index (κ3) is 2.29. The standard InChI is InChI=1S/C13H21N/c14-10-11-6-8-13(9-7-11)12-4-2-1-3-5-12/h11-13H,1-9H2/t11-,13+. The Kier molecular flexibility index (Phi) is 3.45. The Morgan fingerprint density at radius 3 is 1.86 bits per heavy atom. The van der Waals surface area contributed by atoms with Gasteiger partial charge >= 0.3 is 0 Å². The monoisotopic (exact) mass is 191 g/mol. The molecular weight excluding hydrogens is 170 g/mol. The van der Waals surface area contributed by atoms with Crippen LogP contribution in [0.4, 0.5) is 0 Å². The van der Waals surface area contributed by atoms with Crippen molar-refractivity contribution in [3.8, 4) is 6.07 Å². The predicted octanol–water partition coefficient (Wildman–Crippen LogP) is 3.90. The van der Waals surface area contributed by atoms with Crippen LogP contribution in [0.3, 0.4) is 0 Å². The van der Waals surface area contributed by atoms with Crippen LogP contribution >= 0.6 is 0 Å². The van der Waals surface area contributed by atoms with Crippen molar-refractivity contribution in [3.05, 3.63) is 0 Å². The van der Waals surface area contributed by atoms with E-state index < -0.39 is 0 Å². The molecule has 0 radical (unpaired) electrons. The molecule has 2 aliphatic carbocycles. The third-order valence-electron chi connectivity index (χ3n) is 4.27. The highest BCUT2D eigenvalue weighted by atomic mass is 14.4. The Hall–Kier alpha value is -0.510. The van der Waals surface area contributed by atoms with Crippen molar-refractivity contribution >= 4 is 0 Å². The van der Waals surface area contributed by atoms with E-state index in [0.717, 1.165) is 11.8 Å². The lowest BCUT2D eigenvalue weighted by Gasteiger charge is -2.34. The van der Waals surface area contributed by atoms with Crippen LogP contribution in [0, 0.1) is 29.1 Å². The summed E-state index contributed by atoms with van der Waals surface area (Å²) in [6.07, 6.45) is 12.4. The molecule has 0 aromatic rings. The van der Waals surface area contributed by atoms with Crippen molar-refractivity contribution in [2.24, 2.45) is 17.8 Å². The fourth-order valence-corrected chi connectivity index (χ4v) is 3.33. The molecule has 2 fully saturated rings. The van der Waals surface area contributed by atoms with Crippen LogP contribution in [0.15, 0.2) is 0 Å². The molecule has 14 heavy (non-hydrogen) atoms. The first-order valence-corrected chi connectivity index (χ1v) is 6.30. The summed E-state index contributed by atoms with van der Waals surface area (Å²) in [5.74, 6) is 2.37. The maximum atomic E-state index is 8.84. The van der Waals surface area contributed by atoms with Crippen molar-refractivity contribution in [3.63, 3.8) is 0 Å². The maximum Gasteiger partial charge on any atom is 0.0655 e. The zero-order chi connectivity index (χ0) is 9.80. The third-order valence-corrected chi connectivity index (χ3v) is 4.27. The van der Waals surface area contributed by atoms with Gasteiger partial charge in [-0.3, -0.25) is 0 Å². The van der Waals surface area contributed by atoms with Gasteiger partial charge in [-0.25, -0.2) is 0 Å². The van der Waals surface area contributed by atoms with Crippen molar-refractivity contribution in [1.29, 1.82) is 5.26 Å². The highest BCUT2D eigenvalue weighted by Crippen LogP contribution is 2.39. The van der Waals surface area contributed by atoms with E-state index in [2.05, 4.69) is 6.07 Å². The number of hydrogen-bond acceptors (Lipinski definition) is 1. The van der Waals surface area contributed by atoms with Gasteiger partial charge in [0.05, 0.1) is 6.07 Å². The van der Waals surface area contributed by atoms with E-state index in [1.165, 1.54) is 57.8 Å². The summed E-state index contributed by atoms with van der Waals surface area (Å²) in [4.78, 5) is 0. The summed E-state index contributed by atoms with van der Waals surface area (Å²) >= 11 is 0. The molecule has 0 N–H and O–H groups in total. The van der Waals surface area contributed by atoms with E-state index in [1.807, 2.05) is 0 Å². The minimum Gasteiger partial charge on any atom is -0.198 e. The predicted molar refractivity (Wildman–Crippen MR) is 57.6 cm³/mol. The quantitative estimate of drug-likeness (QED) is 0.616. The van der Waals surface area contributed by atoms with Gasteiger partial charge in [-0.1, -0.05) is 32.1 Å². The van der Waals surface area contributed by atoms with Gasteiger partial charge in [-0.05, 0) is 37.5 Å². The summed E-state index contributed by atoms with van der Waals surface area (Å²) in [7, 11) is 0. The molecule has 0 atom stereocenters. The second kappa shape index (κ2) is 4.82. The second-order valence-electron chi connectivity index (χ2n) is 5.14. The number of nitrogens with zero attached hydrogens (tertiary/aromatic N) is 1. The first-order chi connectivity index (χ1) is 6.90. The largest absolute Gasteiger partial charge is 0.198 e. The molecule has 2 aliphatic rings. The second-order valence-corrected chi connectivity index (χ2v) is 5.14. The Bertz CT molecular complexity index is 202. The number of rotatable bonds is 1. The molecule has 0 heterocycles. The van der Waals surface area contributed by atoms with E-state index in [4.69, 9.17) is 5.26 Å². The SMILES string of the molecule is N#C[C@H]1CC[C@@H](C2CCCCC2)CC1. The van der Waals surface area contributed by atoms with Crippen molar-refractivity contribution in [1.82, 2.24) is 0 Å². The number of hydrogen-bond donors (Lipinski definition) is 0. The van der Waals surface area contributed by atoms with E-state index >= 15 is 0 Å². The summed E-state index contributed by atoms with van der Waals surface area (Å²) in [5.41, 5.74) is 0. The zero-order valence-corrected chi connectivity index (χ0v) is 9.04. The van der Waals surface area contributed by atoms with Gasteiger partial charge in [0.1, 0.15) is 0 Å². The molecule has 0 aromatic carbocycles. The molecule has 0 saturated heterocycles. The van der Waals surface area contributed by atoms with Crippen LogP contribution in [-0.2, 0) is 0 Å². The van der Waals surface area contributed by atoms with Crippen LogP contribution in [0.2, 0.25) is 0 Å². The zero-order valence-electron chi connectivity index (χ0n) is 9.04. The topological polar surface area (TPSA) is 23.8 Å². The first-order valence-electron chi connectivity index (χ1n) is 6.30. The van der Waals surface area contributed by atoms with Crippen LogP contribution < -0.4 is 0 Å². The van der Waals surface area contributed by atoms with Gasteiger partial charge < -0.3 is 0 Å². The van der Waals surface area contributed by atoms with E-state index in [1.54, 1.807) is 0 Å². The highest BCUT2D eigenvalue weighted by molar-refractivity contribution is 4.89. The van der Waals surface area contributed by atoms with Crippen molar-refractivity contribution < 1.29 is 0 Å². The average molecular weight is 191 g/mol. The minimum absolute atomic E-state index is 0.384. The van der Waals surface area contributed by atoms with Gasteiger partial charge in [-0.2, -0.15) is 5.26 Å². The molecule has 2 saturated carbocycles. The molecular formula is C13H21N. The van der Waals surface area contributed by atoms with Gasteiger partial charge in [0, 0.05) is 5.92 Å². The number of nitriles is 1. The highest BCUT2D eigenvalue weighted by Gasteiger charge is 2.28. The lowest BCUT2D eigenvalue weighted by Crippen LogP contribution is -2.23. The average Bonchev–Trinajstić information content (AvgIpc) is 2.30. The molecule has 0 amide bonds. The fourth-order valence-electron chi connectivity index (χ4n) is 3.33. The smallest absolute Gasteiger partial charge is 0.0655 e. The summed E-state index contributed by atoms with van der Waals surface area (Å²) in [5, 5.41) is 8.84. The Balaban J connectivity index is 1.79. The molecule has 0 unspecified atom stereocenters. The molecule has 0 aromatic heterocycles. The fraction of sp³-hybridized carbons (Fsp3) is 0.923. The molecule has 2 rings (SSSR count). The normalized spacial score (nSPS) is 35.1. The van der Waals surface area contributed by atoms with Crippen LogP contribution in [0.1, 0.15) is 57.8 Å². The van der Waals surface area contributed by atoms with Crippen LogP contribution in [-0.4, -0.2) is 0 Å². The van der Waals surface area contributed by atoms with Crippen molar-refractivity contribution in [2.45, 2.75) is 57.8 Å². The molecule has 1 nitrogen and oxygen atoms in total. The van der Waals surface area contributed by atoms with Crippen molar-refractivity contribution in [2.75, 3.05) is 0 Å². The lowest BCUT2D eigenvalue weighted by molar-refractivity contribution is 0.181. The minimum atomic E-state index is 0.384. The van der Waals surface area contributed by atoms with E-state index in [9.17, 15) is 0 Å². The first kappa shape index (κ1) is 10.0. The van der Waals surface area contributed by atoms with Gasteiger partial charge in [0.25, 0.3) is 0 Å². The molecule has 78 valence electrons. The van der Waals surface area contributed by atoms with Crippen LogP contribution in [0.25, 0.3) is 0 Å².